The van der Waals surface area contributed by atoms with Gasteiger partial charge in [0.1, 0.15) is 6.10 Å². The summed E-state index contributed by atoms with van der Waals surface area (Å²) in [6.07, 6.45) is 7.31. The number of unbranched alkanes of at least 4 members (excludes halogenated alkanes) is 2. The maximum Gasteiger partial charge on any atom is 0.335 e. The second-order valence-corrected chi connectivity index (χ2v) is 7.78. The van der Waals surface area contributed by atoms with Gasteiger partial charge >= 0.3 is 11.9 Å². The van der Waals surface area contributed by atoms with Crippen LogP contribution in [0.25, 0.3) is 0 Å². The zero-order valence-electron chi connectivity index (χ0n) is 14.9. The third-order valence-electron chi connectivity index (χ3n) is 5.74. The molecule has 1 fully saturated rings. The summed E-state index contributed by atoms with van der Waals surface area (Å²) in [5.74, 6) is -1.35. The van der Waals surface area contributed by atoms with E-state index in [-0.39, 0.29) is 16.9 Å². The Morgan fingerprint density at radius 2 is 1.74 bits per heavy atom. The minimum absolute atomic E-state index is 0.105. The molecule has 3 atom stereocenters. The van der Waals surface area contributed by atoms with Crippen LogP contribution in [0.3, 0.4) is 0 Å². The number of ether oxygens (including phenoxy) is 1. The summed E-state index contributed by atoms with van der Waals surface area (Å²) in [6, 6.07) is 0. The topological polar surface area (TPSA) is 63.6 Å². The van der Waals surface area contributed by atoms with Crippen molar-refractivity contribution in [3.05, 3.63) is 11.1 Å². The number of carboxylic acids is 1. The number of carboxylic acid groups (broad SMARTS) is 1. The van der Waals surface area contributed by atoms with E-state index in [1.807, 2.05) is 20.8 Å². The summed E-state index contributed by atoms with van der Waals surface area (Å²) in [7, 11) is 0. The van der Waals surface area contributed by atoms with E-state index in [0.717, 1.165) is 51.4 Å². The Morgan fingerprint density at radius 1 is 1.13 bits per heavy atom. The van der Waals surface area contributed by atoms with Gasteiger partial charge in [-0.05, 0) is 38.5 Å². The number of carbonyl (C=O) groups is 2. The summed E-state index contributed by atoms with van der Waals surface area (Å²) in [6.45, 7) is 8.15. The van der Waals surface area contributed by atoms with Crippen molar-refractivity contribution in [2.24, 2.45) is 10.8 Å². The number of carbonyl (C=O) groups excluding carboxylic acids is 1. The molecule has 0 aromatic heterocycles. The van der Waals surface area contributed by atoms with E-state index in [0.29, 0.717) is 11.1 Å². The number of hydrogen-bond donors (Lipinski definition) is 1. The first-order chi connectivity index (χ1) is 10.8. The van der Waals surface area contributed by atoms with Gasteiger partial charge in [-0.15, -0.1) is 0 Å². The molecule has 0 spiro atoms. The quantitative estimate of drug-likeness (QED) is 0.528. The van der Waals surface area contributed by atoms with Crippen LogP contribution in [0.4, 0.5) is 0 Å². The molecule has 0 saturated heterocycles. The van der Waals surface area contributed by atoms with Crippen LogP contribution in [-0.2, 0) is 14.3 Å². The highest BCUT2D eigenvalue weighted by Gasteiger charge is 2.59. The predicted octanol–water partition coefficient (Wildman–Crippen LogP) is 4.48. The molecule has 2 bridgehead atoms. The third kappa shape index (κ3) is 3.31. The highest BCUT2D eigenvalue weighted by atomic mass is 16.5. The van der Waals surface area contributed by atoms with Crippen LogP contribution < -0.4 is 0 Å². The van der Waals surface area contributed by atoms with Gasteiger partial charge in [0, 0.05) is 10.8 Å². The lowest BCUT2D eigenvalue weighted by molar-refractivity contribution is -0.147. The molecule has 0 aromatic rings. The fourth-order valence-electron chi connectivity index (χ4n) is 4.51. The molecule has 130 valence electrons. The van der Waals surface area contributed by atoms with E-state index in [2.05, 4.69) is 6.92 Å². The van der Waals surface area contributed by atoms with Crippen molar-refractivity contribution >= 4 is 11.9 Å². The Bertz CT molecular complexity index is 521. The molecule has 0 radical (unpaired) electrons. The average Bonchev–Trinajstić information content (AvgIpc) is 2.92. The fourth-order valence-corrected chi connectivity index (χ4v) is 4.51. The standard InChI is InChI=1S/C19H30O4/c1-5-7-8-9-13(6-2)23-17(22)15-14(16(20)21)18(3)10-11-19(15,4)12-18/h13H,5-12H2,1-4H3,(H,20,21). The van der Waals surface area contributed by atoms with Gasteiger partial charge in [-0.2, -0.15) is 0 Å². The van der Waals surface area contributed by atoms with Crippen molar-refractivity contribution < 1.29 is 19.4 Å². The number of aliphatic carboxylic acids is 1. The maximum atomic E-state index is 12.8. The lowest BCUT2D eigenvalue weighted by Crippen LogP contribution is -2.29. The minimum atomic E-state index is -0.957. The molecule has 2 rings (SSSR count). The van der Waals surface area contributed by atoms with E-state index < -0.39 is 11.9 Å². The van der Waals surface area contributed by atoms with Crippen molar-refractivity contribution in [2.45, 2.75) is 85.2 Å². The molecule has 3 unspecified atom stereocenters. The Kier molecular flexibility index (Phi) is 5.22. The smallest absolute Gasteiger partial charge is 0.335 e. The fraction of sp³-hybridized carbons (Fsp3) is 0.789. The van der Waals surface area contributed by atoms with E-state index in [4.69, 9.17) is 4.74 Å². The molecular weight excluding hydrogens is 292 g/mol. The predicted molar refractivity (Wildman–Crippen MR) is 89.0 cm³/mol. The average molecular weight is 322 g/mol. The van der Waals surface area contributed by atoms with Gasteiger partial charge in [0.25, 0.3) is 0 Å². The highest BCUT2D eigenvalue weighted by Crippen LogP contribution is 2.64. The Hall–Kier alpha value is -1.32. The van der Waals surface area contributed by atoms with Gasteiger partial charge in [-0.25, -0.2) is 9.59 Å². The van der Waals surface area contributed by atoms with E-state index in [1.54, 1.807) is 0 Å². The summed E-state index contributed by atoms with van der Waals surface area (Å²) >= 11 is 0. The number of fused-ring (bicyclic) bond motifs is 2. The number of hydrogen-bond acceptors (Lipinski definition) is 3. The Labute approximate surface area is 139 Å². The van der Waals surface area contributed by atoms with E-state index >= 15 is 0 Å². The second-order valence-electron chi connectivity index (χ2n) is 7.78. The van der Waals surface area contributed by atoms with Crippen molar-refractivity contribution in [3.63, 3.8) is 0 Å². The first kappa shape index (κ1) is 18.0. The molecule has 4 heteroatoms. The molecular formula is C19H30O4. The Balaban J connectivity index is 2.19. The largest absolute Gasteiger partial charge is 0.478 e. The molecule has 0 aromatic carbocycles. The van der Waals surface area contributed by atoms with Crippen LogP contribution in [-0.4, -0.2) is 23.1 Å². The molecule has 2 aliphatic rings. The molecule has 4 nitrogen and oxygen atoms in total. The zero-order chi connectivity index (χ0) is 17.3. The molecule has 2 aliphatic carbocycles. The van der Waals surface area contributed by atoms with Gasteiger partial charge in [-0.1, -0.05) is 40.5 Å². The summed E-state index contributed by atoms with van der Waals surface area (Å²) in [4.78, 5) is 24.5. The molecule has 23 heavy (non-hydrogen) atoms. The van der Waals surface area contributed by atoms with Crippen molar-refractivity contribution in [2.75, 3.05) is 0 Å². The van der Waals surface area contributed by atoms with E-state index in [9.17, 15) is 14.7 Å². The molecule has 1 saturated carbocycles. The van der Waals surface area contributed by atoms with Gasteiger partial charge in [0.05, 0.1) is 11.1 Å². The van der Waals surface area contributed by atoms with Crippen LogP contribution >= 0.6 is 0 Å². The molecule has 1 N–H and O–H groups in total. The van der Waals surface area contributed by atoms with Crippen LogP contribution in [0.2, 0.25) is 0 Å². The third-order valence-corrected chi connectivity index (χ3v) is 5.74. The number of esters is 1. The van der Waals surface area contributed by atoms with Crippen LogP contribution in [0.5, 0.6) is 0 Å². The number of rotatable bonds is 8. The maximum absolute atomic E-state index is 12.8. The lowest BCUT2D eigenvalue weighted by Gasteiger charge is -2.28. The first-order valence-corrected chi connectivity index (χ1v) is 8.97. The Morgan fingerprint density at radius 3 is 2.26 bits per heavy atom. The summed E-state index contributed by atoms with van der Waals surface area (Å²) < 4.78 is 5.71. The summed E-state index contributed by atoms with van der Waals surface area (Å²) in [5, 5.41) is 9.63. The van der Waals surface area contributed by atoms with Crippen LogP contribution in [0.1, 0.15) is 79.1 Å². The molecule has 0 heterocycles. The highest BCUT2D eigenvalue weighted by molar-refractivity contribution is 6.03. The lowest BCUT2D eigenvalue weighted by atomic mass is 9.78. The van der Waals surface area contributed by atoms with Crippen LogP contribution in [0.15, 0.2) is 11.1 Å². The summed E-state index contributed by atoms with van der Waals surface area (Å²) in [5.41, 5.74) is 0.0347. The van der Waals surface area contributed by atoms with E-state index in [1.165, 1.54) is 0 Å². The van der Waals surface area contributed by atoms with Gasteiger partial charge in [0.2, 0.25) is 0 Å². The van der Waals surface area contributed by atoms with Crippen LogP contribution in [0, 0.1) is 10.8 Å². The van der Waals surface area contributed by atoms with Crippen molar-refractivity contribution in [1.82, 2.24) is 0 Å². The molecule has 0 amide bonds. The zero-order valence-corrected chi connectivity index (χ0v) is 14.9. The van der Waals surface area contributed by atoms with Gasteiger partial charge < -0.3 is 9.84 Å². The first-order valence-electron chi connectivity index (χ1n) is 8.97. The molecule has 0 aliphatic heterocycles. The monoisotopic (exact) mass is 322 g/mol. The minimum Gasteiger partial charge on any atom is -0.478 e. The van der Waals surface area contributed by atoms with Gasteiger partial charge in [-0.3, -0.25) is 0 Å². The second kappa shape index (κ2) is 6.66. The SMILES string of the molecule is CCCCCC(CC)OC(=O)C1=C(C(=O)O)C2(C)CCC1(C)C2. The van der Waals surface area contributed by atoms with Gasteiger partial charge in [0.15, 0.2) is 0 Å². The van der Waals surface area contributed by atoms with Crippen molar-refractivity contribution in [1.29, 1.82) is 0 Å². The normalized spacial score (nSPS) is 30.6. The van der Waals surface area contributed by atoms with Crippen molar-refractivity contribution in [3.8, 4) is 0 Å².